The second kappa shape index (κ2) is 6.57. The van der Waals surface area contributed by atoms with E-state index in [0.717, 1.165) is 27.9 Å². The number of aromatic amines is 1. The number of H-pyrrole nitrogens is 1. The number of aryl methyl sites for hydroxylation is 2. The second-order valence-corrected chi connectivity index (χ2v) is 7.62. The molecular weight excluding hydrogens is 350 g/mol. The predicted octanol–water partition coefficient (Wildman–Crippen LogP) is 2.98. The summed E-state index contributed by atoms with van der Waals surface area (Å²) in [5, 5.41) is 1.96. The van der Waals surface area contributed by atoms with Gasteiger partial charge in [0, 0.05) is 41.7 Å². The first-order chi connectivity index (χ1) is 12.5. The van der Waals surface area contributed by atoms with E-state index in [9.17, 15) is 9.59 Å². The lowest BCUT2D eigenvalue weighted by Crippen LogP contribution is -2.38. The lowest BCUT2D eigenvalue weighted by atomic mass is 10.0. The van der Waals surface area contributed by atoms with E-state index in [1.807, 2.05) is 25.1 Å². The van der Waals surface area contributed by atoms with Crippen molar-refractivity contribution in [2.45, 2.75) is 26.8 Å². The number of nitrogens with zero attached hydrogens (tertiary/aromatic N) is 2. The molecule has 26 heavy (non-hydrogen) atoms. The Labute approximate surface area is 154 Å². The number of fused-ring (bicyclic) bond motifs is 3. The van der Waals surface area contributed by atoms with Crippen LogP contribution in [0.4, 0.5) is 0 Å². The van der Waals surface area contributed by atoms with Gasteiger partial charge in [-0.15, -0.1) is 11.3 Å². The molecule has 3 heterocycles. The maximum Gasteiger partial charge on any atom is 0.350 e. The number of para-hydroxylation sites is 1. The number of hydrogen-bond donors (Lipinski definition) is 1. The Morgan fingerprint density at radius 3 is 2.88 bits per heavy atom. The number of hydrogen-bond acceptors (Lipinski definition) is 5. The molecule has 0 fully saturated rings. The number of rotatable bonds is 3. The van der Waals surface area contributed by atoms with Gasteiger partial charge in [-0.3, -0.25) is 4.79 Å². The van der Waals surface area contributed by atoms with Crippen molar-refractivity contribution >= 4 is 34.1 Å². The van der Waals surface area contributed by atoms with Crippen molar-refractivity contribution in [2.24, 2.45) is 0 Å². The van der Waals surface area contributed by atoms with Gasteiger partial charge in [0.2, 0.25) is 0 Å². The fourth-order valence-corrected chi connectivity index (χ4v) is 4.20. The number of ether oxygens (including phenoxy) is 1. The second-order valence-electron chi connectivity index (χ2n) is 6.42. The molecular formula is C19H19N3O3S. The summed E-state index contributed by atoms with van der Waals surface area (Å²) < 4.78 is 5.23. The van der Waals surface area contributed by atoms with Gasteiger partial charge in [0.15, 0.2) is 6.61 Å². The molecule has 0 aliphatic carbocycles. The van der Waals surface area contributed by atoms with E-state index >= 15 is 0 Å². The first-order valence-electron chi connectivity index (χ1n) is 8.50. The van der Waals surface area contributed by atoms with Crippen LogP contribution in [0, 0.1) is 13.8 Å². The minimum absolute atomic E-state index is 0.173. The van der Waals surface area contributed by atoms with Crippen molar-refractivity contribution in [3.05, 3.63) is 51.1 Å². The molecule has 1 aliphatic heterocycles. The van der Waals surface area contributed by atoms with E-state index in [2.05, 4.69) is 16.0 Å². The number of thiazole rings is 1. The highest BCUT2D eigenvalue weighted by atomic mass is 32.1. The van der Waals surface area contributed by atoms with E-state index in [4.69, 9.17) is 4.74 Å². The average Bonchev–Trinajstić information content (AvgIpc) is 3.18. The molecule has 7 heteroatoms. The van der Waals surface area contributed by atoms with Gasteiger partial charge in [-0.25, -0.2) is 9.78 Å². The summed E-state index contributed by atoms with van der Waals surface area (Å²) in [6.45, 7) is 4.52. The van der Waals surface area contributed by atoms with Crippen LogP contribution >= 0.6 is 11.3 Å². The largest absolute Gasteiger partial charge is 0.451 e. The highest BCUT2D eigenvalue weighted by Gasteiger charge is 2.25. The zero-order chi connectivity index (χ0) is 18.3. The summed E-state index contributed by atoms with van der Waals surface area (Å²) in [5.74, 6) is -0.653. The molecule has 0 saturated heterocycles. The lowest BCUT2D eigenvalue weighted by molar-refractivity contribution is -0.135. The van der Waals surface area contributed by atoms with E-state index < -0.39 is 5.97 Å². The number of aromatic nitrogens is 2. The Bertz CT molecular complexity index is 1000. The van der Waals surface area contributed by atoms with Crippen LogP contribution in [0.5, 0.6) is 0 Å². The summed E-state index contributed by atoms with van der Waals surface area (Å²) >= 11 is 1.29. The van der Waals surface area contributed by atoms with E-state index in [0.29, 0.717) is 23.7 Å². The van der Waals surface area contributed by atoms with Gasteiger partial charge in [0.1, 0.15) is 4.88 Å². The summed E-state index contributed by atoms with van der Waals surface area (Å²) in [4.78, 5) is 34.5. The van der Waals surface area contributed by atoms with Gasteiger partial charge in [0.25, 0.3) is 5.91 Å². The van der Waals surface area contributed by atoms with Crippen molar-refractivity contribution in [3.63, 3.8) is 0 Å². The number of benzene rings is 1. The van der Waals surface area contributed by atoms with E-state index in [-0.39, 0.29) is 12.5 Å². The Balaban J connectivity index is 1.43. The van der Waals surface area contributed by atoms with Gasteiger partial charge in [-0.05, 0) is 19.9 Å². The van der Waals surface area contributed by atoms with E-state index in [1.165, 1.54) is 17.0 Å². The smallest absolute Gasteiger partial charge is 0.350 e. The fourth-order valence-electron chi connectivity index (χ4n) is 3.38. The summed E-state index contributed by atoms with van der Waals surface area (Å²) in [7, 11) is 0. The third kappa shape index (κ3) is 2.99. The molecule has 1 amide bonds. The molecule has 4 rings (SSSR count). The Morgan fingerprint density at radius 2 is 2.12 bits per heavy atom. The van der Waals surface area contributed by atoms with Crippen molar-refractivity contribution in [1.82, 2.24) is 14.9 Å². The SMILES string of the molecule is Cc1nc(C)c(C(=O)OCC(=O)N2CCc3[nH]c4ccccc4c3C2)s1. The van der Waals surface area contributed by atoms with Crippen molar-refractivity contribution in [1.29, 1.82) is 0 Å². The molecule has 1 aliphatic rings. The predicted molar refractivity (Wildman–Crippen MR) is 99.3 cm³/mol. The van der Waals surface area contributed by atoms with Crippen LogP contribution in [-0.4, -0.2) is 39.9 Å². The minimum atomic E-state index is -0.480. The minimum Gasteiger partial charge on any atom is -0.451 e. The average molecular weight is 369 g/mol. The number of nitrogens with one attached hydrogen (secondary N) is 1. The van der Waals surface area contributed by atoms with Crippen molar-refractivity contribution in [2.75, 3.05) is 13.2 Å². The topological polar surface area (TPSA) is 75.3 Å². The standard InChI is InChI=1S/C19H19N3O3S/c1-11-18(26-12(2)20-11)19(24)25-10-17(23)22-8-7-16-14(9-22)13-5-3-4-6-15(13)21-16/h3-6,21H,7-10H2,1-2H3. The van der Waals surface area contributed by atoms with Gasteiger partial charge < -0.3 is 14.6 Å². The Morgan fingerprint density at radius 1 is 1.31 bits per heavy atom. The van der Waals surface area contributed by atoms with Crippen LogP contribution in [-0.2, 0) is 22.5 Å². The Hall–Kier alpha value is -2.67. The molecule has 0 unspecified atom stereocenters. The van der Waals surface area contributed by atoms with Crippen LogP contribution in [0.25, 0.3) is 10.9 Å². The fraction of sp³-hybridized carbons (Fsp3) is 0.316. The summed E-state index contributed by atoms with van der Waals surface area (Å²) in [6.07, 6.45) is 0.775. The molecule has 0 saturated carbocycles. The van der Waals surface area contributed by atoms with E-state index in [1.54, 1.807) is 11.8 Å². The van der Waals surface area contributed by atoms with Crippen LogP contribution in [0.3, 0.4) is 0 Å². The molecule has 1 aromatic carbocycles. The van der Waals surface area contributed by atoms with Gasteiger partial charge in [-0.1, -0.05) is 18.2 Å². The third-order valence-corrected chi connectivity index (χ3v) is 5.70. The maximum absolute atomic E-state index is 12.5. The lowest BCUT2D eigenvalue weighted by Gasteiger charge is -2.27. The summed E-state index contributed by atoms with van der Waals surface area (Å²) in [6, 6.07) is 8.10. The highest BCUT2D eigenvalue weighted by molar-refractivity contribution is 7.13. The van der Waals surface area contributed by atoms with Crippen LogP contribution in [0.2, 0.25) is 0 Å². The quantitative estimate of drug-likeness (QED) is 0.720. The number of esters is 1. The monoisotopic (exact) mass is 369 g/mol. The van der Waals surface area contributed by atoms with Gasteiger partial charge in [0.05, 0.1) is 10.7 Å². The first kappa shape index (κ1) is 16.8. The molecule has 134 valence electrons. The zero-order valence-electron chi connectivity index (χ0n) is 14.7. The summed E-state index contributed by atoms with van der Waals surface area (Å²) in [5.41, 5.74) is 4.07. The molecule has 6 nitrogen and oxygen atoms in total. The van der Waals surface area contributed by atoms with Crippen molar-refractivity contribution < 1.29 is 14.3 Å². The number of carbonyl (C=O) groups is 2. The molecule has 0 atom stereocenters. The van der Waals surface area contributed by atoms with Crippen molar-refractivity contribution in [3.8, 4) is 0 Å². The molecule has 1 N–H and O–H groups in total. The normalized spacial score (nSPS) is 13.7. The van der Waals surface area contributed by atoms with Crippen LogP contribution in [0.1, 0.15) is 31.6 Å². The molecule has 3 aromatic rings. The molecule has 0 radical (unpaired) electrons. The zero-order valence-corrected chi connectivity index (χ0v) is 15.5. The highest BCUT2D eigenvalue weighted by Crippen LogP contribution is 2.27. The molecule has 2 aromatic heterocycles. The molecule has 0 bridgehead atoms. The van der Waals surface area contributed by atoms with Crippen LogP contribution < -0.4 is 0 Å². The Kier molecular flexibility index (Phi) is 4.24. The first-order valence-corrected chi connectivity index (χ1v) is 9.32. The van der Waals surface area contributed by atoms with Gasteiger partial charge >= 0.3 is 5.97 Å². The van der Waals surface area contributed by atoms with Gasteiger partial charge in [-0.2, -0.15) is 0 Å². The third-order valence-electron chi connectivity index (χ3n) is 4.65. The molecule has 0 spiro atoms. The number of carbonyl (C=O) groups excluding carboxylic acids is 2. The van der Waals surface area contributed by atoms with Crippen LogP contribution in [0.15, 0.2) is 24.3 Å². The maximum atomic E-state index is 12.5. The number of amides is 1.